The van der Waals surface area contributed by atoms with Crippen molar-refractivity contribution in [3.05, 3.63) is 59.7 Å². The highest BCUT2D eigenvalue weighted by Crippen LogP contribution is 2.24. The van der Waals surface area contributed by atoms with Crippen LogP contribution < -0.4 is 15.4 Å². The number of carbonyl (C=O) groups excluding carboxylic acids is 2. The zero-order valence-electron chi connectivity index (χ0n) is 16.4. The molecule has 0 bridgehead atoms. The molecule has 1 atom stereocenters. The molecule has 144 valence electrons. The van der Waals surface area contributed by atoms with E-state index >= 15 is 0 Å². The first-order valence-corrected chi connectivity index (χ1v) is 9.28. The van der Waals surface area contributed by atoms with E-state index in [1.807, 2.05) is 0 Å². The standard InChI is InChI=1S/C22H28N2O3/c1-5-17-10-12-18(13-11-17)22(15(2)3)24-21(26)14-27-20-9-7-6-8-19(20)23-16(4)25/h6-13,15,22H,5,14H2,1-4H3,(H,23,25)(H,24,26)/t22-/m0/s1. The average Bonchev–Trinajstić information content (AvgIpc) is 2.65. The minimum Gasteiger partial charge on any atom is -0.482 e. The predicted octanol–water partition coefficient (Wildman–Crippen LogP) is 4.10. The van der Waals surface area contributed by atoms with Gasteiger partial charge in [-0.1, -0.05) is 57.2 Å². The van der Waals surface area contributed by atoms with Crippen LogP contribution in [0.2, 0.25) is 0 Å². The Balaban J connectivity index is 2.01. The largest absolute Gasteiger partial charge is 0.482 e. The zero-order chi connectivity index (χ0) is 19.8. The highest BCUT2D eigenvalue weighted by atomic mass is 16.5. The Morgan fingerprint density at radius 3 is 2.30 bits per heavy atom. The lowest BCUT2D eigenvalue weighted by Gasteiger charge is -2.23. The molecule has 0 aliphatic carbocycles. The molecule has 0 radical (unpaired) electrons. The van der Waals surface area contributed by atoms with Crippen molar-refractivity contribution in [2.45, 2.75) is 40.2 Å². The van der Waals surface area contributed by atoms with Crippen LogP contribution in [-0.2, 0) is 16.0 Å². The number of aryl methyl sites for hydroxylation is 1. The van der Waals surface area contributed by atoms with E-state index in [0.717, 1.165) is 12.0 Å². The van der Waals surface area contributed by atoms with E-state index in [9.17, 15) is 9.59 Å². The first kappa shape index (κ1) is 20.5. The third-order valence-electron chi connectivity index (χ3n) is 4.29. The average molecular weight is 368 g/mol. The molecule has 0 fully saturated rings. The lowest BCUT2D eigenvalue weighted by atomic mass is 9.95. The fourth-order valence-corrected chi connectivity index (χ4v) is 2.84. The molecule has 0 spiro atoms. The number of hydrogen-bond acceptors (Lipinski definition) is 3. The lowest BCUT2D eigenvalue weighted by molar-refractivity contribution is -0.124. The summed E-state index contributed by atoms with van der Waals surface area (Å²) in [6, 6.07) is 15.3. The minimum atomic E-state index is -0.203. The van der Waals surface area contributed by atoms with E-state index in [0.29, 0.717) is 11.4 Å². The first-order chi connectivity index (χ1) is 12.9. The summed E-state index contributed by atoms with van der Waals surface area (Å²) in [6.45, 7) is 7.58. The molecule has 0 aliphatic rings. The summed E-state index contributed by atoms with van der Waals surface area (Å²) >= 11 is 0. The molecule has 0 unspecified atom stereocenters. The maximum Gasteiger partial charge on any atom is 0.258 e. The van der Waals surface area contributed by atoms with Gasteiger partial charge in [-0.15, -0.1) is 0 Å². The van der Waals surface area contributed by atoms with E-state index in [4.69, 9.17) is 4.74 Å². The van der Waals surface area contributed by atoms with Crippen molar-refractivity contribution in [2.24, 2.45) is 5.92 Å². The molecule has 0 saturated carbocycles. The Hall–Kier alpha value is -2.82. The molecule has 5 heteroatoms. The zero-order valence-corrected chi connectivity index (χ0v) is 16.4. The number of benzene rings is 2. The molecule has 5 nitrogen and oxygen atoms in total. The van der Waals surface area contributed by atoms with Gasteiger partial charge in [-0.2, -0.15) is 0 Å². The highest BCUT2D eigenvalue weighted by Gasteiger charge is 2.19. The second-order valence-corrected chi connectivity index (χ2v) is 6.85. The van der Waals surface area contributed by atoms with Gasteiger partial charge in [0.15, 0.2) is 6.61 Å². The maximum absolute atomic E-state index is 12.4. The second kappa shape index (κ2) is 9.76. The third-order valence-corrected chi connectivity index (χ3v) is 4.29. The smallest absolute Gasteiger partial charge is 0.258 e. The van der Waals surface area contributed by atoms with Gasteiger partial charge in [-0.05, 0) is 35.6 Å². The molecule has 0 aromatic heterocycles. The number of para-hydroxylation sites is 2. The van der Waals surface area contributed by atoms with Crippen LogP contribution in [0, 0.1) is 5.92 Å². The van der Waals surface area contributed by atoms with E-state index in [1.54, 1.807) is 24.3 Å². The van der Waals surface area contributed by atoms with Crippen LogP contribution in [0.3, 0.4) is 0 Å². The van der Waals surface area contributed by atoms with Gasteiger partial charge in [0, 0.05) is 6.92 Å². The molecule has 2 aromatic carbocycles. The normalized spacial score (nSPS) is 11.7. The van der Waals surface area contributed by atoms with Gasteiger partial charge in [0.1, 0.15) is 5.75 Å². The first-order valence-electron chi connectivity index (χ1n) is 9.28. The molecule has 0 saturated heterocycles. The van der Waals surface area contributed by atoms with Crippen LogP contribution in [0.25, 0.3) is 0 Å². The number of carbonyl (C=O) groups is 2. The number of amides is 2. The van der Waals surface area contributed by atoms with Crippen LogP contribution in [0.15, 0.2) is 48.5 Å². The quantitative estimate of drug-likeness (QED) is 0.737. The van der Waals surface area contributed by atoms with Crippen LogP contribution in [0.4, 0.5) is 5.69 Å². The van der Waals surface area contributed by atoms with Crippen molar-refractivity contribution < 1.29 is 14.3 Å². The summed E-state index contributed by atoms with van der Waals surface area (Å²) in [4.78, 5) is 23.7. The lowest BCUT2D eigenvalue weighted by Crippen LogP contribution is -2.35. The number of hydrogen-bond donors (Lipinski definition) is 2. The molecule has 2 aromatic rings. The van der Waals surface area contributed by atoms with E-state index < -0.39 is 0 Å². The molecule has 27 heavy (non-hydrogen) atoms. The summed E-state index contributed by atoms with van der Waals surface area (Å²) in [5, 5.41) is 5.75. The van der Waals surface area contributed by atoms with Crippen molar-refractivity contribution in [2.75, 3.05) is 11.9 Å². The number of rotatable bonds is 8. The van der Waals surface area contributed by atoms with E-state index in [2.05, 4.69) is 55.7 Å². The van der Waals surface area contributed by atoms with Crippen molar-refractivity contribution >= 4 is 17.5 Å². The maximum atomic E-state index is 12.4. The summed E-state index contributed by atoms with van der Waals surface area (Å²) in [5.74, 6) is 0.320. The number of ether oxygens (including phenoxy) is 1. The van der Waals surface area contributed by atoms with Crippen molar-refractivity contribution in [3.63, 3.8) is 0 Å². The Morgan fingerprint density at radius 2 is 1.70 bits per heavy atom. The summed E-state index contributed by atoms with van der Waals surface area (Å²) in [5.41, 5.74) is 2.90. The van der Waals surface area contributed by atoms with Gasteiger partial charge in [0.2, 0.25) is 5.91 Å². The van der Waals surface area contributed by atoms with Crippen molar-refractivity contribution in [1.82, 2.24) is 5.32 Å². The molecule has 2 rings (SSSR count). The van der Waals surface area contributed by atoms with Gasteiger partial charge in [-0.25, -0.2) is 0 Å². The fourth-order valence-electron chi connectivity index (χ4n) is 2.84. The predicted molar refractivity (Wildman–Crippen MR) is 108 cm³/mol. The monoisotopic (exact) mass is 368 g/mol. The Labute approximate surface area is 161 Å². The summed E-state index contributed by atoms with van der Waals surface area (Å²) in [7, 11) is 0. The van der Waals surface area contributed by atoms with Crippen LogP contribution in [0.1, 0.15) is 44.9 Å². The van der Waals surface area contributed by atoms with Crippen LogP contribution in [0.5, 0.6) is 5.75 Å². The van der Waals surface area contributed by atoms with Crippen LogP contribution in [-0.4, -0.2) is 18.4 Å². The Kier molecular flexibility index (Phi) is 7.41. The molecular weight excluding hydrogens is 340 g/mol. The molecular formula is C22H28N2O3. The third kappa shape index (κ3) is 6.13. The number of nitrogens with one attached hydrogen (secondary N) is 2. The van der Waals surface area contributed by atoms with Gasteiger partial charge in [0.05, 0.1) is 11.7 Å². The van der Waals surface area contributed by atoms with Gasteiger partial charge in [-0.3, -0.25) is 9.59 Å². The van der Waals surface area contributed by atoms with Gasteiger partial charge in [0.25, 0.3) is 5.91 Å². The van der Waals surface area contributed by atoms with Crippen molar-refractivity contribution in [1.29, 1.82) is 0 Å². The minimum absolute atomic E-state index is 0.0856. The molecule has 0 heterocycles. The van der Waals surface area contributed by atoms with E-state index in [-0.39, 0.29) is 30.4 Å². The molecule has 2 N–H and O–H groups in total. The van der Waals surface area contributed by atoms with Crippen molar-refractivity contribution in [3.8, 4) is 5.75 Å². The van der Waals surface area contributed by atoms with E-state index in [1.165, 1.54) is 12.5 Å². The number of anilines is 1. The Bertz CT molecular complexity index is 769. The van der Waals surface area contributed by atoms with Gasteiger partial charge < -0.3 is 15.4 Å². The topological polar surface area (TPSA) is 67.4 Å². The summed E-state index contributed by atoms with van der Waals surface area (Å²) < 4.78 is 5.63. The Morgan fingerprint density at radius 1 is 1.04 bits per heavy atom. The second-order valence-electron chi connectivity index (χ2n) is 6.85. The van der Waals surface area contributed by atoms with Crippen LogP contribution >= 0.6 is 0 Å². The highest BCUT2D eigenvalue weighted by molar-refractivity contribution is 5.90. The molecule has 2 amide bonds. The molecule has 0 aliphatic heterocycles. The van der Waals surface area contributed by atoms with Gasteiger partial charge >= 0.3 is 0 Å². The summed E-state index contributed by atoms with van der Waals surface area (Å²) in [6.07, 6.45) is 0.987. The SMILES string of the molecule is CCc1ccc([C@@H](NC(=O)COc2ccccc2NC(C)=O)C(C)C)cc1. The fraction of sp³-hybridized carbons (Fsp3) is 0.364.